The average Bonchev–Trinajstić information content (AvgIpc) is 2.35. The highest BCUT2D eigenvalue weighted by molar-refractivity contribution is 9.10. The monoisotopic (exact) mass is 347 g/mol. The lowest BCUT2D eigenvalue weighted by atomic mass is 9.69. The molecule has 0 radical (unpaired) electrons. The minimum atomic E-state index is -0.582. The fraction of sp³-hybridized carbons (Fsp3) is 0.600. The molecule has 2 unspecified atom stereocenters. The van der Waals surface area contributed by atoms with Gasteiger partial charge in [-0.2, -0.15) is 0 Å². The molecule has 2 N–H and O–H groups in total. The summed E-state index contributed by atoms with van der Waals surface area (Å²) in [6.07, 6.45) is 3.89. The Kier molecular flexibility index (Phi) is 4.59. The average molecular weight is 349 g/mol. The third kappa shape index (κ3) is 2.98. The van der Waals surface area contributed by atoms with Crippen LogP contribution in [0.2, 0.25) is 5.02 Å². The van der Waals surface area contributed by atoms with Crippen LogP contribution < -0.4 is 5.73 Å². The van der Waals surface area contributed by atoms with E-state index in [1.807, 2.05) is 0 Å². The highest BCUT2D eigenvalue weighted by Gasteiger charge is 2.37. The summed E-state index contributed by atoms with van der Waals surface area (Å²) in [5.74, 6) is 0.765. The number of nitrogens with two attached hydrogens (primary N) is 1. The van der Waals surface area contributed by atoms with Crippen LogP contribution in [0.15, 0.2) is 16.6 Å². The minimum absolute atomic E-state index is 0.133. The van der Waals surface area contributed by atoms with Gasteiger partial charge in [0, 0.05) is 15.6 Å². The number of rotatable bonds is 2. The molecule has 0 spiro atoms. The first-order valence-electron chi connectivity index (χ1n) is 6.78. The highest BCUT2D eigenvalue weighted by Crippen LogP contribution is 2.43. The molecule has 1 fully saturated rings. The lowest BCUT2D eigenvalue weighted by Crippen LogP contribution is -2.43. The van der Waals surface area contributed by atoms with Crippen molar-refractivity contribution >= 4 is 27.5 Å². The summed E-state index contributed by atoms with van der Waals surface area (Å²) in [5.41, 5.74) is 6.49. The van der Waals surface area contributed by atoms with Gasteiger partial charge in [-0.05, 0) is 46.7 Å². The van der Waals surface area contributed by atoms with Crippen LogP contribution in [-0.4, -0.2) is 0 Å². The van der Waals surface area contributed by atoms with Crippen molar-refractivity contribution in [3.05, 3.63) is 33.0 Å². The predicted molar refractivity (Wildman–Crippen MR) is 81.8 cm³/mol. The Morgan fingerprint density at radius 2 is 2.16 bits per heavy atom. The van der Waals surface area contributed by atoms with E-state index in [2.05, 4.69) is 29.8 Å². The van der Waals surface area contributed by atoms with Gasteiger partial charge in [-0.1, -0.05) is 44.4 Å². The lowest BCUT2D eigenvalue weighted by Gasteiger charge is -2.40. The molecule has 2 rings (SSSR count). The van der Waals surface area contributed by atoms with Crippen LogP contribution >= 0.6 is 27.5 Å². The van der Waals surface area contributed by atoms with Crippen LogP contribution in [0.4, 0.5) is 4.39 Å². The molecule has 0 saturated heterocycles. The summed E-state index contributed by atoms with van der Waals surface area (Å²) in [5, 5.41) is 0.133. The van der Waals surface area contributed by atoms with Gasteiger partial charge in [-0.15, -0.1) is 0 Å². The SMILES string of the molecule is CC(C)C1CCCC(N)(c2ccc(Br)c(Cl)c2F)C1. The maximum absolute atomic E-state index is 14.4. The molecule has 4 heteroatoms. The Balaban J connectivity index is 2.37. The molecule has 0 bridgehead atoms. The van der Waals surface area contributed by atoms with Gasteiger partial charge < -0.3 is 5.73 Å². The molecule has 1 aliphatic carbocycles. The third-order valence-electron chi connectivity index (χ3n) is 4.34. The molecule has 0 aliphatic heterocycles. The van der Waals surface area contributed by atoms with E-state index in [0.717, 1.165) is 19.3 Å². The molecule has 1 aromatic rings. The quantitative estimate of drug-likeness (QED) is 0.726. The largest absolute Gasteiger partial charge is 0.321 e. The zero-order chi connectivity index (χ0) is 14.2. The summed E-state index contributed by atoms with van der Waals surface area (Å²) >= 11 is 9.23. The molecule has 0 aromatic heterocycles. The first-order valence-corrected chi connectivity index (χ1v) is 7.95. The van der Waals surface area contributed by atoms with E-state index in [0.29, 0.717) is 21.9 Å². The Bertz CT molecular complexity index is 477. The molecule has 0 heterocycles. The second-order valence-corrected chi connectivity index (χ2v) is 7.21. The van der Waals surface area contributed by atoms with Gasteiger partial charge >= 0.3 is 0 Å². The van der Waals surface area contributed by atoms with E-state index >= 15 is 0 Å². The number of hydrogen-bond donors (Lipinski definition) is 1. The summed E-state index contributed by atoms with van der Waals surface area (Å²) in [6, 6.07) is 3.56. The van der Waals surface area contributed by atoms with Crippen molar-refractivity contribution in [3.63, 3.8) is 0 Å². The Morgan fingerprint density at radius 1 is 1.47 bits per heavy atom. The van der Waals surface area contributed by atoms with Gasteiger partial charge in [-0.3, -0.25) is 0 Å². The van der Waals surface area contributed by atoms with Crippen LogP contribution in [0, 0.1) is 17.7 Å². The van der Waals surface area contributed by atoms with Crippen LogP contribution in [0.3, 0.4) is 0 Å². The number of halogens is 3. The van der Waals surface area contributed by atoms with Crippen molar-refractivity contribution in [2.45, 2.75) is 45.1 Å². The fourth-order valence-electron chi connectivity index (χ4n) is 3.08. The normalized spacial score (nSPS) is 27.8. The van der Waals surface area contributed by atoms with E-state index in [1.54, 1.807) is 12.1 Å². The van der Waals surface area contributed by atoms with Crippen LogP contribution in [0.1, 0.15) is 45.1 Å². The van der Waals surface area contributed by atoms with Crippen LogP contribution in [-0.2, 0) is 5.54 Å². The Morgan fingerprint density at radius 3 is 2.79 bits per heavy atom. The van der Waals surface area contributed by atoms with E-state index < -0.39 is 5.54 Å². The van der Waals surface area contributed by atoms with Crippen molar-refractivity contribution in [3.8, 4) is 0 Å². The second kappa shape index (κ2) is 5.71. The smallest absolute Gasteiger partial charge is 0.147 e. The molecular formula is C15H20BrClFN. The molecular weight excluding hydrogens is 329 g/mol. The van der Waals surface area contributed by atoms with Gasteiger partial charge in [0.25, 0.3) is 0 Å². The van der Waals surface area contributed by atoms with Gasteiger partial charge in [0.15, 0.2) is 0 Å². The Labute approximate surface area is 127 Å². The first-order chi connectivity index (χ1) is 8.85. The van der Waals surface area contributed by atoms with Crippen molar-refractivity contribution < 1.29 is 4.39 Å². The summed E-state index contributed by atoms with van der Waals surface area (Å²) in [6.45, 7) is 4.42. The third-order valence-corrected chi connectivity index (χ3v) is 5.60. The first kappa shape index (κ1) is 15.3. The summed E-state index contributed by atoms with van der Waals surface area (Å²) in [7, 11) is 0. The van der Waals surface area contributed by atoms with Crippen molar-refractivity contribution in [2.75, 3.05) is 0 Å². The topological polar surface area (TPSA) is 26.0 Å². The molecule has 2 atom stereocenters. The zero-order valence-corrected chi connectivity index (χ0v) is 13.7. The molecule has 1 aliphatic rings. The fourth-order valence-corrected chi connectivity index (χ4v) is 3.55. The summed E-state index contributed by atoms with van der Waals surface area (Å²) < 4.78 is 15.0. The minimum Gasteiger partial charge on any atom is -0.321 e. The van der Waals surface area contributed by atoms with Gasteiger partial charge in [-0.25, -0.2) is 4.39 Å². The predicted octanol–water partition coefficient (Wildman–Crippen LogP) is 5.24. The second-order valence-electron chi connectivity index (χ2n) is 5.98. The Hall–Kier alpha value is -0.120. The number of hydrogen-bond acceptors (Lipinski definition) is 1. The maximum Gasteiger partial charge on any atom is 0.147 e. The maximum atomic E-state index is 14.4. The van der Waals surface area contributed by atoms with Gasteiger partial charge in [0.05, 0.1) is 5.02 Å². The van der Waals surface area contributed by atoms with Crippen molar-refractivity contribution in [2.24, 2.45) is 17.6 Å². The molecule has 0 amide bonds. The van der Waals surface area contributed by atoms with E-state index in [-0.39, 0.29) is 10.8 Å². The van der Waals surface area contributed by atoms with E-state index in [9.17, 15) is 4.39 Å². The zero-order valence-electron chi connectivity index (χ0n) is 11.3. The number of benzene rings is 1. The molecule has 19 heavy (non-hydrogen) atoms. The molecule has 1 aromatic carbocycles. The van der Waals surface area contributed by atoms with Crippen molar-refractivity contribution in [1.82, 2.24) is 0 Å². The van der Waals surface area contributed by atoms with Crippen molar-refractivity contribution in [1.29, 1.82) is 0 Å². The van der Waals surface area contributed by atoms with Crippen LogP contribution in [0.25, 0.3) is 0 Å². The summed E-state index contributed by atoms with van der Waals surface area (Å²) in [4.78, 5) is 0. The molecule has 1 saturated carbocycles. The van der Waals surface area contributed by atoms with Crippen LogP contribution in [0.5, 0.6) is 0 Å². The molecule has 106 valence electrons. The van der Waals surface area contributed by atoms with Gasteiger partial charge in [0.2, 0.25) is 0 Å². The standard InChI is InChI=1S/C15H20BrClFN/c1-9(2)10-4-3-7-15(19,8-10)11-5-6-12(16)13(17)14(11)18/h5-6,9-10H,3-4,7-8,19H2,1-2H3. The van der Waals surface area contributed by atoms with E-state index in [4.69, 9.17) is 17.3 Å². The highest BCUT2D eigenvalue weighted by atomic mass is 79.9. The lowest BCUT2D eigenvalue weighted by molar-refractivity contribution is 0.180. The molecule has 1 nitrogen and oxygen atoms in total. The van der Waals surface area contributed by atoms with Gasteiger partial charge in [0.1, 0.15) is 5.82 Å². The van der Waals surface area contributed by atoms with E-state index in [1.165, 1.54) is 6.42 Å².